The zero-order valence-corrected chi connectivity index (χ0v) is 13.5. The van der Waals surface area contributed by atoms with E-state index in [0.717, 1.165) is 12.1 Å². The van der Waals surface area contributed by atoms with Gasteiger partial charge in [-0.15, -0.1) is 0 Å². The molecular weight excluding hydrogens is 288 g/mol. The van der Waals surface area contributed by atoms with Gasteiger partial charge < -0.3 is 4.74 Å². The highest BCUT2D eigenvalue weighted by Gasteiger charge is 2.18. The molecule has 4 heteroatoms. The average Bonchev–Trinajstić information content (AvgIpc) is 2.91. The molecule has 0 aliphatic rings. The van der Waals surface area contributed by atoms with Crippen LogP contribution in [-0.4, -0.2) is 21.8 Å². The third kappa shape index (κ3) is 3.11. The van der Waals surface area contributed by atoms with Crippen molar-refractivity contribution in [3.8, 4) is 5.75 Å². The van der Waals surface area contributed by atoms with E-state index in [-0.39, 0.29) is 5.78 Å². The minimum atomic E-state index is 0.104. The lowest BCUT2D eigenvalue weighted by atomic mass is 10.1. The van der Waals surface area contributed by atoms with Crippen LogP contribution >= 0.6 is 0 Å². The number of Topliss-reactive ketones (excluding diaryl/α,β-unsaturated/α-hetero) is 1. The standard InChI is InChI=1S/C19H20N2O2/c1-3-23-17-10-7-13-21-18(14(2)20-19(17)21)16(22)12-11-15-8-5-4-6-9-15/h4-10,13H,3,11-12H2,1-2H3. The molecule has 0 atom stereocenters. The zero-order valence-electron chi connectivity index (χ0n) is 13.5. The molecule has 3 rings (SSSR count). The Kier molecular flexibility index (Phi) is 4.42. The highest BCUT2D eigenvalue weighted by Crippen LogP contribution is 2.23. The summed E-state index contributed by atoms with van der Waals surface area (Å²) in [7, 11) is 0. The molecule has 23 heavy (non-hydrogen) atoms. The number of ether oxygens (including phenoxy) is 1. The average molecular weight is 308 g/mol. The number of aromatic nitrogens is 2. The van der Waals surface area contributed by atoms with Crippen molar-refractivity contribution in [3.63, 3.8) is 0 Å². The van der Waals surface area contributed by atoms with Crippen molar-refractivity contribution in [2.75, 3.05) is 6.61 Å². The Balaban J connectivity index is 1.88. The van der Waals surface area contributed by atoms with Crippen LogP contribution in [0.4, 0.5) is 0 Å². The number of fused-ring (bicyclic) bond motifs is 1. The summed E-state index contributed by atoms with van der Waals surface area (Å²) in [6, 6.07) is 13.8. The first-order valence-electron chi connectivity index (χ1n) is 7.88. The largest absolute Gasteiger partial charge is 0.490 e. The molecule has 2 aromatic heterocycles. The molecule has 3 aromatic rings. The second kappa shape index (κ2) is 6.65. The zero-order chi connectivity index (χ0) is 16.2. The summed E-state index contributed by atoms with van der Waals surface area (Å²) in [5.41, 5.74) is 3.27. The fraction of sp³-hybridized carbons (Fsp3) is 0.263. The van der Waals surface area contributed by atoms with E-state index in [4.69, 9.17) is 4.74 Å². The van der Waals surface area contributed by atoms with Gasteiger partial charge in [0.15, 0.2) is 17.2 Å². The SMILES string of the molecule is CCOc1cccn2c(C(=O)CCc3ccccc3)c(C)nc12. The van der Waals surface area contributed by atoms with Crippen LogP contribution in [0.5, 0.6) is 5.75 Å². The van der Waals surface area contributed by atoms with Crippen molar-refractivity contribution in [1.29, 1.82) is 0 Å². The van der Waals surface area contributed by atoms with Crippen LogP contribution in [0.25, 0.3) is 5.65 Å². The van der Waals surface area contributed by atoms with Crippen molar-refractivity contribution in [3.05, 3.63) is 65.6 Å². The fourth-order valence-corrected chi connectivity index (χ4v) is 2.78. The van der Waals surface area contributed by atoms with Gasteiger partial charge in [0, 0.05) is 12.6 Å². The summed E-state index contributed by atoms with van der Waals surface area (Å²) in [5, 5.41) is 0. The maximum absolute atomic E-state index is 12.7. The maximum Gasteiger partial charge on any atom is 0.181 e. The quantitative estimate of drug-likeness (QED) is 0.650. The number of benzene rings is 1. The molecule has 0 bridgehead atoms. The van der Waals surface area contributed by atoms with Gasteiger partial charge in [-0.2, -0.15) is 0 Å². The second-order valence-corrected chi connectivity index (χ2v) is 5.45. The van der Waals surface area contributed by atoms with Crippen molar-refractivity contribution in [1.82, 2.24) is 9.38 Å². The van der Waals surface area contributed by atoms with Crippen molar-refractivity contribution in [2.24, 2.45) is 0 Å². The summed E-state index contributed by atoms with van der Waals surface area (Å²) in [6.45, 7) is 4.38. The normalized spacial score (nSPS) is 10.9. The number of nitrogens with zero attached hydrogens (tertiary/aromatic N) is 2. The maximum atomic E-state index is 12.7. The number of rotatable bonds is 6. The summed E-state index contributed by atoms with van der Waals surface area (Å²) in [4.78, 5) is 17.2. The topological polar surface area (TPSA) is 43.6 Å². The number of hydrogen-bond donors (Lipinski definition) is 0. The molecule has 0 N–H and O–H groups in total. The monoisotopic (exact) mass is 308 g/mol. The number of ketones is 1. The summed E-state index contributed by atoms with van der Waals surface area (Å²) in [6.07, 6.45) is 3.07. The van der Waals surface area contributed by atoms with Gasteiger partial charge in [0.1, 0.15) is 5.69 Å². The lowest BCUT2D eigenvalue weighted by Gasteiger charge is -2.06. The first kappa shape index (κ1) is 15.3. The molecule has 2 heterocycles. The van der Waals surface area contributed by atoms with Crippen LogP contribution in [0.15, 0.2) is 48.7 Å². The Morgan fingerprint density at radius 2 is 1.96 bits per heavy atom. The predicted octanol–water partition coefficient (Wildman–Crippen LogP) is 3.86. The Morgan fingerprint density at radius 1 is 1.17 bits per heavy atom. The Hall–Kier alpha value is -2.62. The molecule has 0 spiro atoms. The number of imidazole rings is 1. The fourth-order valence-electron chi connectivity index (χ4n) is 2.78. The highest BCUT2D eigenvalue weighted by atomic mass is 16.5. The van der Waals surface area contributed by atoms with Crippen LogP contribution in [0, 0.1) is 6.92 Å². The molecule has 0 amide bonds. The molecule has 0 radical (unpaired) electrons. The van der Waals surface area contributed by atoms with E-state index in [0.29, 0.717) is 30.1 Å². The minimum absolute atomic E-state index is 0.104. The molecular formula is C19H20N2O2. The van der Waals surface area contributed by atoms with E-state index in [1.807, 2.05) is 66.9 Å². The molecule has 0 saturated carbocycles. The van der Waals surface area contributed by atoms with Crippen molar-refractivity contribution in [2.45, 2.75) is 26.7 Å². The first-order chi connectivity index (χ1) is 11.2. The first-order valence-corrected chi connectivity index (χ1v) is 7.88. The third-order valence-corrected chi connectivity index (χ3v) is 3.84. The van der Waals surface area contributed by atoms with E-state index in [2.05, 4.69) is 4.98 Å². The van der Waals surface area contributed by atoms with Gasteiger partial charge in [-0.1, -0.05) is 30.3 Å². The Bertz CT molecular complexity index is 822. The van der Waals surface area contributed by atoms with E-state index in [1.54, 1.807) is 0 Å². The van der Waals surface area contributed by atoms with Gasteiger partial charge in [-0.3, -0.25) is 9.20 Å². The van der Waals surface area contributed by atoms with Gasteiger partial charge in [-0.05, 0) is 38.0 Å². The molecule has 0 unspecified atom stereocenters. The van der Waals surface area contributed by atoms with E-state index >= 15 is 0 Å². The second-order valence-electron chi connectivity index (χ2n) is 5.45. The van der Waals surface area contributed by atoms with E-state index in [9.17, 15) is 4.79 Å². The lowest BCUT2D eigenvalue weighted by Crippen LogP contribution is -2.07. The Labute approximate surface area is 135 Å². The van der Waals surface area contributed by atoms with Gasteiger partial charge in [0.05, 0.1) is 12.3 Å². The smallest absolute Gasteiger partial charge is 0.181 e. The van der Waals surface area contributed by atoms with Gasteiger partial charge >= 0.3 is 0 Å². The minimum Gasteiger partial charge on any atom is -0.490 e. The predicted molar refractivity (Wildman–Crippen MR) is 90.2 cm³/mol. The van der Waals surface area contributed by atoms with Gasteiger partial charge in [0.25, 0.3) is 0 Å². The number of carbonyl (C=O) groups is 1. The van der Waals surface area contributed by atoms with Crippen LogP contribution in [0.2, 0.25) is 0 Å². The number of pyridine rings is 1. The van der Waals surface area contributed by atoms with Gasteiger partial charge in [-0.25, -0.2) is 4.98 Å². The molecule has 1 aromatic carbocycles. The molecule has 0 aliphatic carbocycles. The van der Waals surface area contributed by atoms with E-state index < -0.39 is 0 Å². The number of carbonyl (C=O) groups excluding carboxylic acids is 1. The Morgan fingerprint density at radius 3 is 2.70 bits per heavy atom. The third-order valence-electron chi connectivity index (χ3n) is 3.84. The van der Waals surface area contributed by atoms with Gasteiger partial charge in [0.2, 0.25) is 0 Å². The number of hydrogen-bond acceptors (Lipinski definition) is 3. The molecule has 4 nitrogen and oxygen atoms in total. The van der Waals surface area contributed by atoms with Crippen LogP contribution in [-0.2, 0) is 6.42 Å². The molecule has 0 aliphatic heterocycles. The molecule has 0 fully saturated rings. The molecule has 0 saturated heterocycles. The van der Waals surface area contributed by atoms with Crippen LogP contribution < -0.4 is 4.74 Å². The van der Waals surface area contributed by atoms with Crippen molar-refractivity contribution >= 4 is 11.4 Å². The van der Waals surface area contributed by atoms with Crippen LogP contribution in [0.1, 0.15) is 35.1 Å². The summed E-state index contributed by atoms with van der Waals surface area (Å²) >= 11 is 0. The molecule has 118 valence electrons. The summed E-state index contributed by atoms with van der Waals surface area (Å²) in [5.74, 6) is 0.813. The number of aryl methyl sites for hydroxylation is 2. The lowest BCUT2D eigenvalue weighted by molar-refractivity contribution is 0.0976. The van der Waals surface area contributed by atoms with Crippen LogP contribution in [0.3, 0.4) is 0 Å². The van der Waals surface area contributed by atoms with Crippen molar-refractivity contribution < 1.29 is 9.53 Å². The summed E-state index contributed by atoms with van der Waals surface area (Å²) < 4.78 is 7.44. The highest BCUT2D eigenvalue weighted by molar-refractivity contribution is 5.96. The van der Waals surface area contributed by atoms with E-state index in [1.165, 1.54) is 5.56 Å².